The molecule has 0 radical (unpaired) electrons. The molecule has 7 heteroatoms. The molecule has 116 valence electrons. The number of rotatable bonds is 5. The molecule has 1 aromatic carbocycles. The molecule has 0 spiro atoms. The smallest absolute Gasteiger partial charge is 0.258 e. The molecule has 1 aromatic rings. The van der Waals surface area contributed by atoms with Crippen molar-refractivity contribution in [2.45, 2.75) is 26.3 Å². The summed E-state index contributed by atoms with van der Waals surface area (Å²) < 4.78 is 6.11. The van der Waals surface area contributed by atoms with Crippen LogP contribution in [0.4, 0.5) is 0 Å². The van der Waals surface area contributed by atoms with Gasteiger partial charge in [0, 0.05) is 10.0 Å². The molecule has 0 bridgehead atoms. The zero-order valence-corrected chi connectivity index (χ0v) is 14.5. The fraction of sp³-hybridized carbons (Fsp3) is 0.429. The Balaban J connectivity index is 2.36. The Morgan fingerprint density at radius 1 is 1.29 bits per heavy atom. The van der Waals surface area contributed by atoms with E-state index in [0.29, 0.717) is 10.8 Å². The molecule has 0 aliphatic carbocycles. The van der Waals surface area contributed by atoms with Gasteiger partial charge in [0.05, 0.1) is 11.6 Å². The molecule has 0 saturated heterocycles. The lowest BCUT2D eigenvalue weighted by Crippen LogP contribution is -2.46. The van der Waals surface area contributed by atoms with Gasteiger partial charge in [0.25, 0.3) is 5.91 Å². The summed E-state index contributed by atoms with van der Waals surface area (Å²) in [6.07, 6.45) is 0. The minimum atomic E-state index is -0.391. The second-order valence-electron chi connectivity index (χ2n) is 5.44. The van der Waals surface area contributed by atoms with Crippen LogP contribution in [0.15, 0.2) is 22.7 Å². The maximum absolute atomic E-state index is 11.6. The third kappa shape index (κ3) is 7.34. The van der Waals surface area contributed by atoms with Crippen LogP contribution in [0.3, 0.4) is 0 Å². The van der Waals surface area contributed by atoms with Gasteiger partial charge in [0.15, 0.2) is 6.61 Å². The van der Waals surface area contributed by atoms with Crippen molar-refractivity contribution in [1.82, 2.24) is 10.6 Å². The number of carbonyl (C=O) groups excluding carboxylic acids is 2. The van der Waals surface area contributed by atoms with Crippen LogP contribution in [0.5, 0.6) is 5.75 Å². The largest absolute Gasteiger partial charge is 0.482 e. The molecule has 0 saturated carbocycles. The molecule has 0 atom stereocenters. The molecular weight excluding hydrogens is 360 g/mol. The summed E-state index contributed by atoms with van der Waals surface area (Å²) in [6, 6.07) is 5.09. The van der Waals surface area contributed by atoms with Gasteiger partial charge in [-0.05, 0) is 39.0 Å². The molecule has 0 aliphatic heterocycles. The highest BCUT2D eigenvalue weighted by Gasteiger charge is 2.14. The van der Waals surface area contributed by atoms with Gasteiger partial charge in [-0.1, -0.05) is 27.5 Å². The van der Waals surface area contributed by atoms with Gasteiger partial charge in [-0.2, -0.15) is 0 Å². The Hall–Kier alpha value is -1.27. The van der Waals surface area contributed by atoms with Gasteiger partial charge >= 0.3 is 0 Å². The summed E-state index contributed by atoms with van der Waals surface area (Å²) >= 11 is 9.24. The van der Waals surface area contributed by atoms with Crippen molar-refractivity contribution >= 4 is 39.3 Å². The van der Waals surface area contributed by atoms with Gasteiger partial charge in [-0.3, -0.25) is 9.59 Å². The van der Waals surface area contributed by atoms with Crippen LogP contribution >= 0.6 is 27.5 Å². The molecule has 5 nitrogen and oxygen atoms in total. The SMILES string of the molecule is CC(C)(C)NC(=O)CNC(=O)COc1ccc(Br)cc1Cl. The first kappa shape index (κ1) is 17.8. The van der Waals surface area contributed by atoms with Crippen LogP contribution in [0.1, 0.15) is 20.8 Å². The molecule has 0 heterocycles. The van der Waals surface area contributed by atoms with Gasteiger partial charge in [0.2, 0.25) is 5.91 Å². The summed E-state index contributed by atoms with van der Waals surface area (Å²) in [5.41, 5.74) is -0.330. The highest BCUT2D eigenvalue weighted by atomic mass is 79.9. The number of nitrogens with one attached hydrogen (secondary N) is 2. The lowest BCUT2D eigenvalue weighted by molar-refractivity contribution is -0.127. The Morgan fingerprint density at radius 3 is 2.52 bits per heavy atom. The van der Waals surface area contributed by atoms with E-state index in [1.54, 1.807) is 18.2 Å². The number of carbonyl (C=O) groups is 2. The average Bonchev–Trinajstić information content (AvgIpc) is 2.33. The Labute approximate surface area is 137 Å². The van der Waals surface area contributed by atoms with Crippen molar-refractivity contribution < 1.29 is 14.3 Å². The lowest BCUT2D eigenvalue weighted by Gasteiger charge is -2.20. The van der Waals surface area contributed by atoms with Crippen molar-refractivity contribution in [2.24, 2.45) is 0 Å². The average molecular weight is 378 g/mol. The van der Waals surface area contributed by atoms with Gasteiger partial charge < -0.3 is 15.4 Å². The number of benzene rings is 1. The van der Waals surface area contributed by atoms with E-state index in [4.69, 9.17) is 16.3 Å². The van der Waals surface area contributed by atoms with Crippen molar-refractivity contribution in [3.63, 3.8) is 0 Å². The Kier molecular flexibility index (Phi) is 6.48. The molecule has 0 aromatic heterocycles. The van der Waals surface area contributed by atoms with Crippen molar-refractivity contribution in [2.75, 3.05) is 13.2 Å². The van der Waals surface area contributed by atoms with Crippen LogP contribution in [0, 0.1) is 0 Å². The minimum Gasteiger partial charge on any atom is -0.482 e. The lowest BCUT2D eigenvalue weighted by atomic mass is 10.1. The first-order valence-corrected chi connectivity index (χ1v) is 7.50. The highest BCUT2D eigenvalue weighted by Crippen LogP contribution is 2.27. The number of amides is 2. The van der Waals surface area contributed by atoms with E-state index in [1.165, 1.54) is 0 Å². The Bertz CT molecular complexity index is 529. The number of hydrogen-bond donors (Lipinski definition) is 2. The number of ether oxygens (including phenoxy) is 1. The molecule has 0 aliphatic rings. The van der Waals surface area contributed by atoms with E-state index >= 15 is 0 Å². The van der Waals surface area contributed by atoms with Crippen molar-refractivity contribution in [3.05, 3.63) is 27.7 Å². The third-order valence-corrected chi connectivity index (χ3v) is 3.00. The van der Waals surface area contributed by atoms with Crippen molar-refractivity contribution in [3.8, 4) is 5.75 Å². The summed E-state index contributed by atoms with van der Waals surface area (Å²) in [4.78, 5) is 23.1. The minimum absolute atomic E-state index is 0.0897. The molecule has 1 rings (SSSR count). The molecule has 0 unspecified atom stereocenters. The number of hydrogen-bond acceptors (Lipinski definition) is 3. The van der Waals surface area contributed by atoms with E-state index < -0.39 is 5.91 Å². The summed E-state index contributed by atoms with van der Waals surface area (Å²) in [7, 11) is 0. The van der Waals surface area contributed by atoms with Crippen LogP contribution < -0.4 is 15.4 Å². The summed E-state index contributed by atoms with van der Waals surface area (Å²) in [5.74, 6) is -0.232. The van der Waals surface area contributed by atoms with E-state index in [9.17, 15) is 9.59 Å². The van der Waals surface area contributed by atoms with E-state index in [1.807, 2.05) is 20.8 Å². The van der Waals surface area contributed by atoms with Gasteiger partial charge in [-0.25, -0.2) is 0 Å². The van der Waals surface area contributed by atoms with E-state index in [-0.39, 0.29) is 24.6 Å². The number of halogens is 2. The van der Waals surface area contributed by atoms with Crippen LogP contribution in [0.25, 0.3) is 0 Å². The zero-order valence-electron chi connectivity index (χ0n) is 12.1. The topological polar surface area (TPSA) is 67.4 Å². The third-order valence-electron chi connectivity index (χ3n) is 2.21. The van der Waals surface area contributed by atoms with Gasteiger partial charge in [-0.15, -0.1) is 0 Å². The van der Waals surface area contributed by atoms with Crippen molar-refractivity contribution in [1.29, 1.82) is 0 Å². The predicted octanol–water partition coefficient (Wildman–Crippen LogP) is 2.51. The normalized spacial score (nSPS) is 10.9. The van der Waals surface area contributed by atoms with E-state index in [0.717, 1.165) is 4.47 Å². The highest BCUT2D eigenvalue weighted by molar-refractivity contribution is 9.10. The maximum atomic E-state index is 11.6. The van der Waals surface area contributed by atoms with Crippen LogP contribution in [-0.4, -0.2) is 30.5 Å². The summed E-state index contributed by atoms with van der Waals surface area (Å²) in [5, 5.41) is 5.63. The Morgan fingerprint density at radius 2 is 1.95 bits per heavy atom. The fourth-order valence-corrected chi connectivity index (χ4v) is 2.16. The van der Waals surface area contributed by atoms with E-state index in [2.05, 4.69) is 26.6 Å². The second-order valence-corrected chi connectivity index (χ2v) is 6.76. The molecule has 0 fully saturated rings. The molecule has 2 amide bonds. The monoisotopic (exact) mass is 376 g/mol. The fourth-order valence-electron chi connectivity index (χ4n) is 1.43. The first-order valence-electron chi connectivity index (χ1n) is 6.33. The standard InChI is InChI=1S/C14H18BrClN2O3/c1-14(2,3)18-12(19)7-17-13(20)8-21-11-5-4-9(15)6-10(11)16/h4-6H,7-8H2,1-3H3,(H,17,20)(H,18,19). The zero-order chi connectivity index (χ0) is 16.0. The van der Waals surface area contributed by atoms with Crippen LogP contribution in [-0.2, 0) is 9.59 Å². The quantitative estimate of drug-likeness (QED) is 0.828. The first-order chi connectivity index (χ1) is 9.67. The summed E-state index contributed by atoms with van der Waals surface area (Å²) in [6.45, 7) is 5.31. The predicted molar refractivity (Wildman–Crippen MR) is 85.6 cm³/mol. The molecule has 2 N–H and O–H groups in total. The molecular formula is C14H18BrClN2O3. The second kappa shape index (κ2) is 7.66. The van der Waals surface area contributed by atoms with Crippen LogP contribution in [0.2, 0.25) is 5.02 Å². The molecule has 21 heavy (non-hydrogen) atoms. The maximum Gasteiger partial charge on any atom is 0.258 e. The van der Waals surface area contributed by atoms with Gasteiger partial charge in [0.1, 0.15) is 5.75 Å².